The summed E-state index contributed by atoms with van der Waals surface area (Å²) in [6.45, 7) is 3.90. The average molecular weight is 377 g/mol. The summed E-state index contributed by atoms with van der Waals surface area (Å²) in [6, 6.07) is 10.4. The number of aryl methyl sites for hydroxylation is 1. The first kappa shape index (κ1) is 19.9. The van der Waals surface area contributed by atoms with Crippen molar-refractivity contribution in [3.63, 3.8) is 0 Å². The van der Waals surface area contributed by atoms with E-state index in [2.05, 4.69) is 9.71 Å². The molecule has 0 aliphatic heterocycles. The molecule has 0 fully saturated rings. The van der Waals surface area contributed by atoms with Crippen molar-refractivity contribution in [2.45, 2.75) is 25.3 Å². The Balaban J connectivity index is 2.04. The molecule has 1 N–H and O–H groups in total. The van der Waals surface area contributed by atoms with Crippen LogP contribution < -0.4 is 9.46 Å². The third-order valence-electron chi connectivity index (χ3n) is 3.81. The third-order valence-corrected chi connectivity index (χ3v) is 5.29. The lowest BCUT2D eigenvalue weighted by Crippen LogP contribution is -2.37. The van der Waals surface area contributed by atoms with Crippen LogP contribution in [0.5, 0.6) is 5.75 Å². The van der Waals surface area contributed by atoms with Crippen molar-refractivity contribution in [1.29, 1.82) is 0 Å². The summed E-state index contributed by atoms with van der Waals surface area (Å²) >= 11 is 0. The van der Waals surface area contributed by atoms with Crippen LogP contribution in [-0.2, 0) is 21.4 Å². The summed E-state index contributed by atoms with van der Waals surface area (Å²) in [6.07, 6.45) is 1.65. The fraction of sp³-hybridized carbons (Fsp3) is 0.333. The lowest BCUT2D eigenvalue weighted by molar-refractivity contribution is -0.129. The van der Waals surface area contributed by atoms with Crippen molar-refractivity contribution in [3.05, 3.63) is 53.9 Å². The van der Waals surface area contributed by atoms with Gasteiger partial charge in [-0.15, -0.1) is 0 Å². The van der Waals surface area contributed by atoms with Gasteiger partial charge in [-0.1, -0.05) is 12.1 Å². The molecule has 0 unspecified atom stereocenters. The van der Waals surface area contributed by atoms with Crippen LogP contribution in [0.2, 0.25) is 0 Å². The number of ether oxygens (including phenoxy) is 1. The van der Waals surface area contributed by atoms with Crippen LogP contribution in [0, 0.1) is 6.92 Å². The highest BCUT2D eigenvalue weighted by molar-refractivity contribution is 7.89. The molecule has 1 amide bonds. The number of carbonyl (C=O) groups excluding carboxylic acids is 1. The Hall–Kier alpha value is -2.45. The zero-order chi connectivity index (χ0) is 19.2. The largest absolute Gasteiger partial charge is 0.495 e. The Morgan fingerprint density at radius 1 is 1.27 bits per heavy atom. The molecule has 0 saturated heterocycles. The molecule has 0 saturated carbocycles. The first-order chi connectivity index (χ1) is 12.3. The lowest BCUT2D eigenvalue weighted by atomic mass is 10.2. The van der Waals surface area contributed by atoms with Gasteiger partial charge in [0, 0.05) is 26.2 Å². The molecule has 2 aromatic rings. The molecule has 2 rings (SSSR count). The number of hydrogen-bond donors (Lipinski definition) is 1. The number of nitrogens with one attached hydrogen (secondary N) is 1. The molecule has 140 valence electrons. The van der Waals surface area contributed by atoms with E-state index in [4.69, 9.17) is 4.74 Å². The van der Waals surface area contributed by atoms with E-state index in [1.165, 1.54) is 14.0 Å². The Morgan fingerprint density at radius 3 is 2.65 bits per heavy atom. The first-order valence-corrected chi connectivity index (χ1v) is 9.61. The van der Waals surface area contributed by atoms with Crippen molar-refractivity contribution < 1.29 is 17.9 Å². The third kappa shape index (κ3) is 5.27. The molecule has 0 aliphatic carbocycles. The topological polar surface area (TPSA) is 88.6 Å². The predicted molar refractivity (Wildman–Crippen MR) is 98.2 cm³/mol. The van der Waals surface area contributed by atoms with E-state index < -0.39 is 10.0 Å². The van der Waals surface area contributed by atoms with Gasteiger partial charge in [-0.3, -0.25) is 9.78 Å². The van der Waals surface area contributed by atoms with Gasteiger partial charge in [-0.05, 0) is 36.8 Å². The van der Waals surface area contributed by atoms with Crippen molar-refractivity contribution in [3.8, 4) is 5.75 Å². The smallest absolute Gasteiger partial charge is 0.244 e. The number of carbonyl (C=O) groups is 1. The monoisotopic (exact) mass is 377 g/mol. The minimum atomic E-state index is -3.75. The Labute approximate surface area is 154 Å². The SMILES string of the molecule is COc1ccc(C)cc1S(=O)(=O)NCCN(Cc1ccccn1)C(C)=O. The molecule has 0 atom stereocenters. The number of benzene rings is 1. The highest BCUT2D eigenvalue weighted by atomic mass is 32.2. The minimum Gasteiger partial charge on any atom is -0.495 e. The molecule has 0 radical (unpaired) electrons. The van der Waals surface area contributed by atoms with Gasteiger partial charge < -0.3 is 9.64 Å². The molecule has 8 heteroatoms. The lowest BCUT2D eigenvalue weighted by Gasteiger charge is -2.21. The summed E-state index contributed by atoms with van der Waals surface area (Å²) in [4.78, 5) is 17.6. The number of aromatic nitrogens is 1. The summed E-state index contributed by atoms with van der Waals surface area (Å²) in [7, 11) is -2.32. The molecule has 0 aliphatic rings. The Bertz CT molecular complexity index is 854. The van der Waals surface area contributed by atoms with E-state index in [0.717, 1.165) is 11.3 Å². The molecule has 1 aromatic heterocycles. The van der Waals surface area contributed by atoms with Crippen LogP contribution in [0.25, 0.3) is 0 Å². The van der Waals surface area contributed by atoms with Gasteiger partial charge in [0.05, 0.1) is 19.3 Å². The van der Waals surface area contributed by atoms with Gasteiger partial charge in [0.2, 0.25) is 15.9 Å². The van der Waals surface area contributed by atoms with Crippen molar-refractivity contribution >= 4 is 15.9 Å². The molecular weight excluding hydrogens is 354 g/mol. The molecule has 0 spiro atoms. The quantitative estimate of drug-likeness (QED) is 0.757. The first-order valence-electron chi connectivity index (χ1n) is 8.13. The van der Waals surface area contributed by atoms with Gasteiger partial charge in [-0.2, -0.15) is 0 Å². The van der Waals surface area contributed by atoms with Crippen molar-refractivity contribution in [2.75, 3.05) is 20.2 Å². The predicted octanol–water partition coefficient (Wildman–Crippen LogP) is 1.73. The van der Waals surface area contributed by atoms with Crippen LogP contribution in [-0.4, -0.2) is 44.4 Å². The summed E-state index contributed by atoms with van der Waals surface area (Å²) in [5, 5.41) is 0. The standard InChI is InChI=1S/C18H23N3O4S/c1-14-7-8-17(25-3)18(12-14)26(23,24)20-10-11-21(15(2)22)13-16-6-4-5-9-19-16/h4-9,12,20H,10-11,13H2,1-3H3. The van der Waals surface area contributed by atoms with E-state index >= 15 is 0 Å². The van der Waals surface area contributed by atoms with Crippen LogP contribution in [0.1, 0.15) is 18.2 Å². The van der Waals surface area contributed by atoms with Crippen LogP contribution in [0.4, 0.5) is 0 Å². The molecule has 0 bridgehead atoms. The Morgan fingerprint density at radius 2 is 2.04 bits per heavy atom. The van der Waals surface area contributed by atoms with Gasteiger partial charge >= 0.3 is 0 Å². The number of nitrogens with zero attached hydrogens (tertiary/aromatic N) is 2. The van der Waals surface area contributed by atoms with E-state index in [-0.39, 0.29) is 29.6 Å². The molecule has 1 heterocycles. The van der Waals surface area contributed by atoms with E-state index in [1.54, 1.807) is 35.4 Å². The number of sulfonamides is 1. The van der Waals surface area contributed by atoms with Crippen LogP contribution in [0.3, 0.4) is 0 Å². The number of amides is 1. The zero-order valence-electron chi connectivity index (χ0n) is 15.1. The molecule has 7 nitrogen and oxygen atoms in total. The van der Waals surface area contributed by atoms with Crippen molar-refractivity contribution in [2.24, 2.45) is 0 Å². The summed E-state index contributed by atoms with van der Waals surface area (Å²) < 4.78 is 32.8. The summed E-state index contributed by atoms with van der Waals surface area (Å²) in [5.74, 6) is 0.128. The second-order valence-electron chi connectivity index (χ2n) is 5.81. The summed E-state index contributed by atoms with van der Waals surface area (Å²) in [5.41, 5.74) is 1.55. The molecule has 26 heavy (non-hydrogen) atoms. The fourth-order valence-corrected chi connectivity index (χ4v) is 3.69. The van der Waals surface area contributed by atoms with E-state index in [1.807, 2.05) is 19.1 Å². The normalized spacial score (nSPS) is 11.2. The maximum atomic E-state index is 12.6. The average Bonchev–Trinajstić information content (AvgIpc) is 2.61. The van der Waals surface area contributed by atoms with Crippen LogP contribution in [0.15, 0.2) is 47.5 Å². The maximum absolute atomic E-state index is 12.6. The number of rotatable bonds is 8. The number of methoxy groups -OCH3 is 1. The van der Waals surface area contributed by atoms with Gasteiger partial charge in [-0.25, -0.2) is 13.1 Å². The second-order valence-corrected chi connectivity index (χ2v) is 7.55. The number of hydrogen-bond acceptors (Lipinski definition) is 5. The second kappa shape index (κ2) is 8.77. The highest BCUT2D eigenvalue weighted by Crippen LogP contribution is 2.24. The maximum Gasteiger partial charge on any atom is 0.244 e. The molecular formula is C18H23N3O4S. The van der Waals surface area contributed by atoms with Gasteiger partial charge in [0.1, 0.15) is 10.6 Å². The van der Waals surface area contributed by atoms with Crippen LogP contribution >= 0.6 is 0 Å². The number of pyridine rings is 1. The van der Waals surface area contributed by atoms with Crippen molar-refractivity contribution in [1.82, 2.24) is 14.6 Å². The van der Waals surface area contributed by atoms with Gasteiger partial charge in [0.25, 0.3) is 0 Å². The van der Waals surface area contributed by atoms with E-state index in [0.29, 0.717) is 6.54 Å². The van der Waals surface area contributed by atoms with E-state index in [9.17, 15) is 13.2 Å². The Kier molecular flexibility index (Phi) is 6.70. The fourth-order valence-electron chi connectivity index (χ4n) is 2.42. The van der Waals surface area contributed by atoms with Gasteiger partial charge in [0.15, 0.2) is 0 Å². The minimum absolute atomic E-state index is 0.0825. The zero-order valence-corrected chi connectivity index (χ0v) is 15.9. The highest BCUT2D eigenvalue weighted by Gasteiger charge is 2.20. The molecule has 1 aromatic carbocycles.